The van der Waals surface area contributed by atoms with Gasteiger partial charge in [-0.1, -0.05) is 0 Å². The maximum Gasteiger partial charge on any atom is 0.318 e. The molecule has 7 nitrogen and oxygen atoms in total. The number of amides is 4. The van der Waals surface area contributed by atoms with E-state index in [2.05, 4.69) is 5.32 Å². The highest BCUT2D eigenvalue weighted by atomic mass is 16.2. The van der Waals surface area contributed by atoms with Gasteiger partial charge in [-0.05, 0) is 13.8 Å². The van der Waals surface area contributed by atoms with Crippen molar-refractivity contribution in [1.29, 1.82) is 0 Å². The fourth-order valence-corrected chi connectivity index (χ4v) is 0.999. The van der Waals surface area contributed by atoms with Gasteiger partial charge in [0.05, 0.1) is 6.54 Å². The number of imide groups is 1. The van der Waals surface area contributed by atoms with E-state index in [1.807, 2.05) is 5.32 Å². The van der Waals surface area contributed by atoms with Crippen molar-refractivity contribution < 1.29 is 14.4 Å². The van der Waals surface area contributed by atoms with E-state index in [1.165, 1.54) is 0 Å². The Morgan fingerprint density at radius 1 is 1.20 bits per heavy atom. The van der Waals surface area contributed by atoms with Crippen molar-refractivity contribution in [2.75, 3.05) is 6.54 Å². The van der Waals surface area contributed by atoms with Gasteiger partial charge in [0, 0.05) is 12.0 Å². The lowest BCUT2D eigenvalue weighted by Crippen LogP contribution is -2.48. The lowest BCUT2D eigenvalue weighted by Gasteiger charge is -2.24. The Balaban J connectivity index is 3.97. The third kappa shape index (κ3) is 7.44. The maximum absolute atomic E-state index is 11.0. The molecule has 0 saturated heterocycles. The number of rotatable bonds is 5. The van der Waals surface area contributed by atoms with Gasteiger partial charge in [0.25, 0.3) is 0 Å². The van der Waals surface area contributed by atoms with Crippen LogP contribution in [0.5, 0.6) is 0 Å². The third-order valence-electron chi connectivity index (χ3n) is 1.61. The summed E-state index contributed by atoms with van der Waals surface area (Å²) in [5.41, 5.74) is 9.16. The first-order valence-corrected chi connectivity index (χ1v) is 4.35. The number of carbonyl (C=O) groups is 3. The average Bonchev–Trinajstić information content (AvgIpc) is 1.97. The molecular weight excluding hydrogens is 200 g/mol. The highest BCUT2D eigenvalue weighted by Gasteiger charge is 2.20. The van der Waals surface area contributed by atoms with Gasteiger partial charge in [-0.25, -0.2) is 4.79 Å². The molecule has 6 N–H and O–H groups in total. The molecular formula is C8H16N4O3. The topological polar surface area (TPSA) is 127 Å². The molecule has 86 valence electrons. The summed E-state index contributed by atoms with van der Waals surface area (Å²) in [5, 5.41) is 4.66. The van der Waals surface area contributed by atoms with Crippen LogP contribution in [0.4, 0.5) is 4.79 Å². The largest absolute Gasteiger partial charge is 0.370 e. The number of nitrogens with one attached hydrogen (secondary N) is 2. The standard InChI is InChI=1S/C8H16N4O3/c1-8(2,3-5(9)13)11-4-6(14)12-7(10)15/h11H,3-4H2,1-2H3,(H2,9,13)(H3,10,12,14,15). The summed E-state index contributed by atoms with van der Waals surface area (Å²) in [6.45, 7) is 3.33. The molecule has 0 spiro atoms. The number of carbonyl (C=O) groups excluding carboxylic acids is 3. The van der Waals surface area contributed by atoms with Crippen molar-refractivity contribution in [3.63, 3.8) is 0 Å². The van der Waals surface area contributed by atoms with Gasteiger partial charge in [0.1, 0.15) is 0 Å². The molecule has 0 fully saturated rings. The number of hydrogen-bond donors (Lipinski definition) is 4. The molecule has 15 heavy (non-hydrogen) atoms. The second-order valence-corrected chi connectivity index (χ2v) is 3.79. The van der Waals surface area contributed by atoms with Crippen LogP contribution >= 0.6 is 0 Å². The first kappa shape index (κ1) is 13.4. The number of hydrogen-bond acceptors (Lipinski definition) is 4. The SMILES string of the molecule is CC(C)(CC(N)=O)NCC(=O)NC(N)=O. The Bertz CT molecular complexity index is 275. The highest BCUT2D eigenvalue weighted by Crippen LogP contribution is 2.06. The monoisotopic (exact) mass is 216 g/mol. The van der Waals surface area contributed by atoms with Crippen LogP contribution in [-0.4, -0.2) is 29.9 Å². The quantitative estimate of drug-likeness (QED) is 0.442. The summed E-state index contributed by atoms with van der Waals surface area (Å²) in [5.74, 6) is -1.03. The van der Waals surface area contributed by atoms with Gasteiger partial charge in [-0.3, -0.25) is 14.9 Å². The van der Waals surface area contributed by atoms with E-state index in [0.717, 1.165) is 0 Å². The van der Waals surface area contributed by atoms with Crippen molar-refractivity contribution in [3.05, 3.63) is 0 Å². The predicted molar refractivity (Wildman–Crippen MR) is 53.6 cm³/mol. The van der Waals surface area contributed by atoms with E-state index in [-0.39, 0.29) is 13.0 Å². The lowest BCUT2D eigenvalue weighted by atomic mass is 10.0. The molecule has 0 aromatic rings. The van der Waals surface area contributed by atoms with Gasteiger partial charge < -0.3 is 16.8 Å². The van der Waals surface area contributed by atoms with Crippen molar-refractivity contribution >= 4 is 17.8 Å². The second-order valence-electron chi connectivity index (χ2n) is 3.79. The van der Waals surface area contributed by atoms with Crippen molar-refractivity contribution in [3.8, 4) is 0 Å². The molecule has 4 amide bonds. The lowest BCUT2D eigenvalue weighted by molar-refractivity contribution is -0.121. The number of primary amides is 2. The molecule has 0 saturated carbocycles. The third-order valence-corrected chi connectivity index (χ3v) is 1.61. The van der Waals surface area contributed by atoms with Crippen molar-refractivity contribution in [1.82, 2.24) is 10.6 Å². The smallest absolute Gasteiger partial charge is 0.318 e. The molecule has 0 aromatic heterocycles. The molecule has 0 atom stereocenters. The fourth-order valence-electron chi connectivity index (χ4n) is 0.999. The van der Waals surface area contributed by atoms with Gasteiger partial charge in [-0.2, -0.15) is 0 Å². The van der Waals surface area contributed by atoms with Crippen LogP contribution in [0.2, 0.25) is 0 Å². The minimum atomic E-state index is -0.908. The molecule has 0 unspecified atom stereocenters. The Morgan fingerprint density at radius 2 is 1.73 bits per heavy atom. The highest BCUT2D eigenvalue weighted by molar-refractivity contribution is 5.94. The fraction of sp³-hybridized carbons (Fsp3) is 0.625. The number of urea groups is 1. The Hall–Kier alpha value is -1.63. The van der Waals surface area contributed by atoms with Gasteiger partial charge in [-0.15, -0.1) is 0 Å². The molecule has 0 rings (SSSR count). The van der Waals surface area contributed by atoms with Gasteiger partial charge in [0.15, 0.2) is 0 Å². The molecule has 0 radical (unpaired) electrons. The molecule has 0 aliphatic carbocycles. The summed E-state index contributed by atoms with van der Waals surface area (Å²) < 4.78 is 0. The first-order valence-electron chi connectivity index (χ1n) is 4.35. The van der Waals surface area contributed by atoms with E-state index in [9.17, 15) is 14.4 Å². The molecule has 7 heteroatoms. The van der Waals surface area contributed by atoms with E-state index in [4.69, 9.17) is 11.5 Å². The summed E-state index contributed by atoms with van der Waals surface area (Å²) in [7, 11) is 0. The van der Waals surface area contributed by atoms with Crippen LogP contribution in [0, 0.1) is 0 Å². The van der Waals surface area contributed by atoms with Gasteiger partial charge >= 0.3 is 6.03 Å². The van der Waals surface area contributed by atoms with Crippen LogP contribution in [0.25, 0.3) is 0 Å². The first-order chi connectivity index (χ1) is 6.73. The van der Waals surface area contributed by atoms with Crippen molar-refractivity contribution in [2.24, 2.45) is 11.5 Å². The number of nitrogens with two attached hydrogens (primary N) is 2. The summed E-state index contributed by atoms with van der Waals surface area (Å²) in [4.78, 5) is 31.9. The van der Waals surface area contributed by atoms with E-state index in [1.54, 1.807) is 13.8 Å². The van der Waals surface area contributed by atoms with Gasteiger partial charge in [0.2, 0.25) is 11.8 Å². The zero-order valence-electron chi connectivity index (χ0n) is 8.79. The van der Waals surface area contributed by atoms with E-state index >= 15 is 0 Å². The normalized spacial score (nSPS) is 10.8. The average molecular weight is 216 g/mol. The molecule has 0 heterocycles. The van der Waals surface area contributed by atoms with E-state index in [0.29, 0.717) is 0 Å². The second kappa shape index (κ2) is 5.30. The maximum atomic E-state index is 11.0. The van der Waals surface area contributed by atoms with Crippen LogP contribution in [0.1, 0.15) is 20.3 Å². The summed E-state index contributed by atoms with van der Waals surface area (Å²) >= 11 is 0. The zero-order valence-corrected chi connectivity index (χ0v) is 8.79. The van der Waals surface area contributed by atoms with Crippen LogP contribution < -0.4 is 22.1 Å². The van der Waals surface area contributed by atoms with Crippen LogP contribution in [-0.2, 0) is 9.59 Å². The van der Waals surface area contributed by atoms with Crippen molar-refractivity contribution in [2.45, 2.75) is 25.8 Å². The minimum absolute atomic E-state index is 0.0941. The Labute approximate surface area is 87.6 Å². The van der Waals surface area contributed by atoms with E-state index < -0.39 is 23.4 Å². The summed E-state index contributed by atoms with van der Waals surface area (Å²) in [6, 6.07) is -0.908. The van der Waals surface area contributed by atoms with Crippen LogP contribution in [0.3, 0.4) is 0 Å². The Kier molecular flexibility index (Phi) is 4.72. The predicted octanol–water partition coefficient (Wildman–Crippen LogP) is -1.58. The molecule has 0 aromatic carbocycles. The molecule has 0 aliphatic rings. The minimum Gasteiger partial charge on any atom is -0.370 e. The Morgan fingerprint density at radius 3 is 2.13 bits per heavy atom. The molecule has 0 aliphatic heterocycles. The van der Waals surface area contributed by atoms with Crippen LogP contribution in [0.15, 0.2) is 0 Å². The molecule has 0 bridgehead atoms. The zero-order chi connectivity index (χ0) is 12.1. The summed E-state index contributed by atoms with van der Waals surface area (Å²) in [6.07, 6.45) is 0.0941.